The van der Waals surface area contributed by atoms with Crippen LogP contribution in [0.1, 0.15) is 40.6 Å². The predicted octanol–water partition coefficient (Wildman–Crippen LogP) is 4.85. The van der Waals surface area contributed by atoms with Crippen LogP contribution in [0.5, 0.6) is 0 Å². The molecule has 1 unspecified atom stereocenters. The van der Waals surface area contributed by atoms with Crippen molar-refractivity contribution >= 4 is 51.7 Å². The zero-order chi connectivity index (χ0) is 23.9. The van der Waals surface area contributed by atoms with Crippen molar-refractivity contribution in [2.45, 2.75) is 33.1 Å². The summed E-state index contributed by atoms with van der Waals surface area (Å²) in [6, 6.07) is 5.05. The minimum absolute atomic E-state index is 0. The summed E-state index contributed by atoms with van der Waals surface area (Å²) in [5, 5.41) is 13.7. The molecular weight excluding hydrogens is 609 g/mol. The van der Waals surface area contributed by atoms with E-state index in [1.54, 1.807) is 4.90 Å². The number of aromatic carboxylic acids is 1. The summed E-state index contributed by atoms with van der Waals surface area (Å²) in [5.41, 5.74) is 0.0208. The summed E-state index contributed by atoms with van der Waals surface area (Å²) >= 11 is 8.26. The van der Waals surface area contributed by atoms with E-state index in [2.05, 4.69) is 10.1 Å². The molecule has 8 nitrogen and oxygen atoms in total. The van der Waals surface area contributed by atoms with Crippen molar-refractivity contribution < 1.29 is 23.1 Å². The second kappa shape index (κ2) is 10.2. The quantitative estimate of drug-likeness (QED) is 0.321. The zero-order valence-corrected chi connectivity index (χ0v) is 20.5. The molecule has 0 bridgehead atoms. The third-order valence-corrected chi connectivity index (χ3v) is 7.48. The van der Waals surface area contributed by atoms with E-state index in [0.29, 0.717) is 30.0 Å². The molecule has 1 aromatic carbocycles. The second-order valence-electron chi connectivity index (χ2n) is 7.19. The molecule has 14 heteroatoms. The van der Waals surface area contributed by atoms with Crippen molar-refractivity contribution in [1.82, 2.24) is 19.1 Å². The molecule has 182 valence electrons. The van der Waals surface area contributed by atoms with Crippen LogP contribution in [0.4, 0.5) is 18.9 Å². The topological polar surface area (TPSA) is 93.2 Å². The first-order chi connectivity index (χ1) is 15.6. The molecule has 34 heavy (non-hydrogen) atoms. The Bertz CT molecular complexity index is 1300. The average molecular weight is 628 g/mol. The first-order valence-electron chi connectivity index (χ1n) is 9.48. The van der Waals surface area contributed by atoms with Crippen molar-refractivity contribution in [2.24, 2.45) is 0 Å². The second-order valence-corrected chi connectivity index (χ2v) is 9.61. The lowest BCUT2D eigenvalue weighted by Gasteiger charge is -2.29. The van der Waals surface area contributed by atoms with Crippen LogP contribution in [0, 0.1) is 0 Å². The van der Waals surface area contributed by atoms with Crippen LogP contribution in [-0.2, 0) is 25.7 Å². The Labute approximate surface area is 212 Å². The van der Waals surface area contributed by atoms with Gasteiger partial charge in [0.15, 0.2) is 0 Å². The molecule has 3 heterocycles. The summed E-state index contributed by atoms with van der Waals surface area (Å²) in [6.07, 6.45) is -2.72. The summed E-state index contributed by atoms with van der Waals surface area (Å²) < 4.78 is 42.9. The van der Waals surface area contributed by atoms with E-state index in [4.69, 9.17) is 11.6 Å². The minimum Gasteiger partial charge on any atom is -0.475 e. The molecule has 4 rings (SSSR count). The molecule has 0 radical (unpaired) electrons. The third-order valence-electron chi connectivity index (χ3n) is 5.28. The molecule has 1 aliphatic rings. The van der Waals surface area contributed by atoms with Crippen LogP contribution in [0.25, 0.3) is 0 Å². The number of carboxylic acids is 1. The van der Waals surface area contributed by atoms with Crippen LogP contribution in [0.2, 0.25) is 5.02 Å². The van der Waals surface area contributed by atoms with Gasteiger partial charge >= 0.3 is 12.1 Å². The Hall–Kier alpha value is -2.18. The number of fused-ring (bicyclic) bond motifs is 1. The normalized spacial score (nSPS) is 13.7. The van der Waals surface area contributed by atoms with Gasteiger partial charge in [-0.2, -0.15) is 18.3 Å². The molecule has 0 fully saturated rings. The highest BCUT2D eigenvalue weighted by atomic mass is 127. The molecule has 0 aliphatic carbocycles. The Morgan fingerprint density at radius 2 is 2.00 bits per heavy atom. The van der Waals surface area contributed by atoms with Crippen molar-refractivity contribution in [1.29, 1.82) is 0 Å². The Balaban J connectivity index is 0.00000324. The van der Waals surface area contributed by atoms with Gasteiger partial charge in [0.25, 0.3) is 5.56 Å². The molecule has 0 amide bonds. The molecule has 1 atom stereocenters. The molecule has 3 aromatic rings. The molecule has 1 N–H and O–H groups in total. The van der Waals surface area contributed by atoms with Gasteiger partial charge in [-0.25, -0.2) is 14.2 Å². The fourth-order valence-electron chi connectivity index (χ4n) is 3.79. The van der Waals surface area contributed by atoms with Crippen LogP contribution < -0.4 is 10.5 Å². The molecule has 1 aliphatic heterocycles. The minimum atomic E-state index is -4.57. The van der Waals surface area contributed by atoms with E-state index < -0.39 is 23.3 Å². The SMILES string of the molecule is C.O=C(O)c1nc2c(n1Cc1ccccc1C(F)(F)F)CCN(c1cnn(PI)c(=O)c1Cl)C2. The van der Waals surface area contributed by atoms with Crippen molar-refractivity contribution in [2.75, 3.05) is 11.4 Å². The monoisotopic (exact) mass is 627 g/mol. The molecule has 2 aromatic heterocycles. The predicted molar refractivity (Wildman–Crippen MR) is 132 cm³/mol. The van der Waals surface area contributed by atoms with Crippen molar-refractivity contribution in [3.63, 3.8) is 0 Å². The van der Waals surface area contributed by atoms with Crippen LogP contribution in [0.3, 0.4) is 0 Å². The molecule has 0 saturated heterocycles. The summed E-state index contributed by atoms with van der Waals surface area (Å²) in [6.45, 7) is 0.214. The maximum Gasteiger partial charge on any atom is 0.416 e. The average Bonchev–Trinajstić information content (AvgIpc) is 3.13. The van der Waals surface area contributed by atoms with Crippen LogP contribution in [-0.4, -0.2) is 36.7 Å². The molecule has 0 saturated carbocycles. The maximum absolute atomic E-state index is 13.4. The Morgan fingerprint density at radius 3 is 2.65 bits per heavy atom. The van der Waals surface area contributed by atoms with E-state index in [1.165, 1.54) is 33.4 Å². The first kappa shape index (κ1) is 26.4. The Kier molecular flexibility index (Phi) is 7.93. The number of imidazole rings is 1. The smallest absolute Gasteiger partial charge is 0.416 e. The first-order valence-corrected chi connectivity index (χ1v) is 13.9. The number of anilines is 1. The van der Waals surface area contributed by atoms with E-state index in [9.17, 15) is 27.9 Å². The van der Waals surface area contributed by atoms with E-state index in [1.807, 2.05) is 22.0 Å². The lowest BCUT2D eigenvalue weighted by Crippen LogP contribution is -2.33. The third kappa shape index (κ3) is 4.94. The maximum atomic E-state index is 13.4. The largest absolute Gasteiger partial charge is 0.475 e. The fraction of sp³-hybridized carbons (Fsp3) is 0.300. The number of carbonyl (C=O) groups is 1. The number of benzene rings is 1. The number of carboxylic acid groups (broad SMARTS) is 1. The lowest BCUT2D eigenvalue weighted by atomic mass is 10.1. The van der Waals surface area contributed by atoms with Gasteiger partial charge in [-0.1, -0.05) is 37.2 Å². The van der Waals surface area contributed by atoms with Gasteiger partial charge in [0.05, 0.1) is 42.6 Å². The number of aromatic nitrogens is 4. The van der Waals surface area contributed by atoms with Crippen molar-refractivity contribution in [3.8, 4) is 0 Å². The standard InChI is InChI=1S/C19H15ClF3IN5O3P.CH4/c20-15-14(7-25-29(33-24)17(15)30)27-6-5-13-12(9-27)26-16(18(31)32)28(13)8-10-3-1-2-4-11(10)19(21,22)23;/h1-4,7,33H,5-6,8-9H2,(H,31,32);1H4. The number of halogens is 5. The van der Waals surface area contributed by atoms with E-state index in [-0.39, 0.29) is 43.3 Å². The molecular formula is C20H19ClF3IN5O3P. The van der Waals surface area contributed by atoms with Gasteiger partial charge in [0.1, 0.15) is 5.02 Å². The highest BCUT2D eigenvalue weighted by Crippen LogP contribution is 2.34. The summed E-state index contributed by atoms with van der Waals surface area (Å²) in [5.74, 6) is -1.68. The molecule has 0 spiro atoms. The van der Waals surface area contributed by atoms with Crippen LogP contribution in [0.15, 0.2) is 35.3 Å². The van der Waals surface area contributed by atoms with Gasteiger partial charge < -0.3 is 14.6 Å². The van der Waals surface area contributed by atoms with E-state index in [0.717, 1.165) is 6.07 Å². The zero-order valence-electron chi connectivity index (χ0n) is 16.6. The van der Waals surface area contributed by atoms with Crippen molar-refractivity contribution in [3.05, 3.63) is 74.2 Å². The van der Waals surface area contributed by atoms with Gasteiger partial charge in [-0.15, -0.1) is 0 Å². The van der Waals surface area contributed by atoms with Gasteiger partial charge in [-0.3, -0.25) is 4.79 Å². The van der Waals surface area contributed by atoms with Crippen LogP contribution >= 0.6 is 40.0 Å². The van der Waals surface area contributed by atoms with E-state index >= 15 is 0 Å². The number of hydrogen-bond donors (Lipinski definition) is 1. The van der Waals surface area contributed by atoms with Gasteiger partial charge in [-0.05, 0) is 33.7 Å². The number of alkyl halides is 3. The fourth-order valence-corrected chi connectivity index (χ4v) is 5.43. The number of rotatable bonds is 5. The lowest BCUT2D eigenvalue weighted by molar-refractivity contribution is -0.138. The van der Waals surface area contributed by atoms with Gasteiger partial charge in [0.2, 0.25) is 5.82 Å². The number of hydrogen-bond acceptors (Lipinski definition) is 5. The highest BCUT2D eigenvalue weighted by molar-refractivity contribution is 14.2. The number of nitrogens with zero attached hydrogens (tertiary/aromatic N) is 5. The van der Waals surface area contributed by atoms with Gasteiger partial charge in [0, 0.05) is 18.7 Å². The summed E-state index contributed by atoms with van der Waals surface area (Å²) in [4.78, 5) is 30.1. The Morgan fingerprint density at radius 1 is 1.29 bits per heavy atom. The summed E-state index contributed by atoms with van der Waals surface area (Å²) in [7, 11) is 0. The highest BCUT2D eigenvalue weighted by Gasteiger charge is 2.34.